The highest BCUT2D eigenvalue weighted by Gasteiger charge is 2.71. The molecule has 4 nitrogen and oxygen atoms in total. The molecule has 0 aliphatic carbocycles. The Labute approximate surface area is 101 Å². The van der Waals surface area contributed by atoms with Crippen LogP contribution < -0.4 is 5.06 Å². The van der Waals surface area contributed by atoms with E-state index in [9.17, 15) is 10.4 Å². The van der Waals surface area contributed by atoms with Crippen LogP contribution in [0.15, 0.2) is 30.3 Å². The van der Waals surface area contributed by atoms with Crippen molar-refractivity contribution in [1.29, 1.82) is 0 Å². The van der Waals surface area contributed by atoms with Gasteiger partial charge in [0, 0.05) is 32.4 Å². The van der Waals surface area contributed by atoms with Gasteiger partial charge in [-0.05, 0) is 12.1 Å². The smallest absolute Gasteiger partial charge is 0.284 e. The molecule has 0 aromatic heterocycles. The predicted molar refractivity (Wildman–Crippen MR) is 64.7 cm³/mol. The third kappa shape index (κ3) is 1.48. The van der Waals surface area contributed by atoms with Crippen LogP contribution in [0, 0.1) is 0 Å². The minimum atomic E-state index is -0.576. The number of rotatable bonds is 1. The van der Waals surface area contributed by atoms with Gasteiger partial charge in [-0.25, -0.2) is 0 Å². The van der Waals surface area contributed by atoms with Gasteiger partial charge < -0.3 is 0 Å². The lowest BCUT2D eigenvalue weighted by molar-refractivity contribution is -0.820. The van der Waals surface area contributed by atoms with E-state index >= 15 is 0 Å². The maximum atomic E-state index is 10.3. The van der Waals surface area contributed by atoms with Crippen LogP contribution in [0.25, 0.3) is 0 Å². The Hall–Kier alpha value is -1.39. The molecular weight excluding hydrogens is 216 g/mol. The number of amidine groups is 1. The van der Waals surface area contributed by atoms with Crippen LogP contribution in [-0.2, 0) is 0 Å². The van der Waals surface area contributed by atoms with Crippen molar-refractivity contribution in [2.75, 3.05) is 0 Å². The van der Waals surface area contributed by atoms with Crippen molar-refractivity contribution in [3.63, 3.8) is 0 Å². The molecule has 0 saturated carbocycles. The van der Waals surface area contributed by atoms with Crippen molar-refractivity contribution in [3.8, 4) is 0 Å². The van der Waals surface area contributed by atoms with Gasteiger partial charge in [-0.1, -0.05) is 18.2 Å². The third-order valence-electron chi connectivity index (χ3n) is 3.99. The highest BCUT2D eigenvalue weighted by atomic mass is 16.5. The van der Waals surface area contributed by atoms with Crippen molar-refractivity contribution >= 4 is 5.84 Å². The summed E-state index contributed by atoms with van der Waals surface area (Å²) in [4.78, 5) is 0. The molecule has 1 heterocycles. The fourth-order valence-corrected chi connectivity index (χ4v) is 1.97. The van der Waals surface area contributed by atoms with Crippen LogP contribution in [0.5, 0.6) is 0 Å². The first-order chi connectivity index (χ1) is 7.80. The Morgan fingerprint density at radius 3 is 1.82 bits per heavy atom. The van der Waals surface area contributed by atoms with Gasteiger partial charge in [-0.2, -0.15) is 5.21 Å². The quantitative estimate of drug-likeness (QED) is 0.577. The van der Waals surface area contributed by atoms with E-state index in [-0.39, 0.29) is 0 Å². The predicted octanol–water partition coefficient (Wildman–Crippen LogP) is 1.93. The minimum Gasteiger partial charge on any atom is -0.284 e. The summed E-state index contributed by atoms with van der Waals surface area (Å²) in [5, 5.41) is 21.7. The van der Waals surface area contributed by atoms with Crippen LogP contribution in [0.1, 0.15) is 33.3 Å². The van der Waals surface area contributed by atoms with Crippen molar-refractivity contribution in [2.24, 2.45) is 0 Å². The third-order valence-corrected chi connectivity index (χ3v) is 3.99. The Morgan fingerprint density at radius 2 is 1.41 bits per heavy atom. The molecule has 0 bridgehead atoms. The topological polar surface area (TPSA) is 49.4 Å². The largest absolute Gasteiger partial charge is 0.504 e. The zero-order valence-electron chi connectivity index (χ0n) is 10.7. The molecule has 1 aliphatic heterocycles. The van der Waals surface area contributed by atoms with E-state index in [1.165, 1.54) is 0 Å². The molecule has 4 heteroatoms. The maximum absolute atomic E-state index is 10.3. The average molecular weight is 235 g/mol. The molecule has 0 saturated heterocycles. The molecule has 1 radical (unpaired) electrons. The van der Waals surface area contributed by atoms with Gasteiger partial charge in [0.05, 0.1) is 0 Å². The van der Waals surface area contributed by atoms with Crippen LogP contribution in [0.4, 0.5) is 0 Å². The Morgan fingerprint density at radius 1 is 0.882 bits per heavy atom. The summed E-state index contributed by atoms with van der Waals surface area (Å²) >= 11 is 0. The number of hydroxylamine groups is 3. The lowest BCUT2D eigenvalue weighted by Crippen LogP contribution is -2.56. The number of hydrogen-bond acceptors (Lipinski definition) is 3. The first-order valence-electron chi connectivity index (χ1n) is 5.71. The van der Waals surface area contributed by atoms with Crippen LogP contribution in [-0.4, -0.2) is 32.1 Å². The SMILES string of the molecule is CC1(C)[N+](O)C(c2ccccc2)=[N+](O)C1(C)C. The fourth-order valence-electron chi connectivity index (χ4n) is 1.97. The standard InChI is InChI=1S/C13H19N2O2/c1-12(2)13(3,4)15(17)11(14(12)16)10-8-6-5-7-9-10/h5-9,16-17H,1-4H3/q+2. The second kappa shape index (κ2) is 3.55. The molecule has 0 amide bonds. The minimum absolute atomic E-state index is 0.417. The normalized spacial score (nSPS) is 23.1. The first-order valence-corrected chi connectivity index (χ1v) is 5.71. The molecule has 2 N–H and O–H groups in total. The zero-order valence-corrected chi connectivity index (χ0v) is 10.7. The molecule has 2 rings (SSSR count). The Balaban J connectivity index is 2.59. The summed E-state index contributed by atoms with van der Waals surface area (Å²) in [6, 6.07) is 9.38. The molecule has 0 spiro atoms. The average Bonchev–Trinajstić information content (AvgIpc) is 2.40. The molecule has 1 aromatic rings. The van der Waals surface area contributed by atoms with Crippen molar-refractivity contribution in [1.82, 2.24) is 5.06 Å². The van der Waals surface area contributed by atoms with Crippen LogP contribution in [0.3, 0.4) is 0 Å². The van der Waals surface area contributed by atoms with Crippen molar-refractivity contribution in [3.05, 3.63) is 35.9 Å². The van der Waals surface area contributed by atoms with E-state index in [1.807, 2.05) is 58.0 Å². The second-order valence-electron chi connectivity index (χ2n) is 5.43. The fraction of sp³-hybridized carbons (Fsp3) is 0.462. The zero-order chi connectivity index (χ0) is 12.8. The summed E-state index contributed by atoms with van der Waals surface area (Å²) in [6.45, 7) is 7.58. The van der Waals surface area contributed by atoms with E-state index in [4.69, 9.17) is 0 Å². The monoisotopic (exact) mass is 235 g/mol. The lowest BCUT2D eigenvalue weighted by Gasteiger charge is -2.21. The van der Waals surface area contributed by atoms with Crippen LogP contribution in [0.2, 0.25) is 0 Å². The summed E-state index contributed by atoms with van der Waals surface area (Å²) in [6.07, 6.45) is 0. The van der Waals surface area contributed by atoms with Gasteiger partial charge in [0.1, 0.15) is 10.6 Å². The molecule has 0 atom stereocenters. The van der Waals surface area contributed by atoms with Gasteiger partial charge in [0.25, 0.3) is 11.1 Å². The molecule has 1 aromatic carbocycles. The molecule has 91 valence electrons. The van der Waals surface area contributed by atoms with Gasteiger partial charge in [-0.3, -0.25) is 5.21 Å². The van der Waals surface area contributed by atoms with Gasteiger partial charge >= 0.3 is 5.84 Å². The van der Waals surface area contributed by atoms with E-state index in [2.05, 4.69) is 0 Å². The summed E-state index contributed by atoms with van der Waals surface area (Å²) < 4.78 is 1.14. The molecule has 0 fully saturated rings. The van der Waals surface area contributed by atoms with Gasteiger partial charge in [-0.15, -0.1) is 0 Å². The van der Waals surface area contributed by atoms with Gasteiger partial charge in [0.2, 0.25) is 0 Å². The number of benzene rings is 1. The first kappa shape index (κ1) is 12.1. The Bertz CT molecular complexity index is 464. The molecule has 0 unspecified atom stereocenters. The van der Waals surface area contributed by atoms with E-state index in [1.54, 1.807) is 0 Å². The summed E-state index contributed by atoms with van der Waals surface area (Å²) in [7, 11) is 0. The summed E-state index contributed by atoms with van der Waals surface area (Å²) in [5.41, 5.74) is -0.365. The number of nitrogens with zero attached hydrogens (tertiary/aromatic N) is 2. The van der Waals surface area contributed by atoms with Crippen molar-refractivity contribution < 1.29 is 15.2 Å². The second-order valence-corrected chi connectivity index (χ2v) is 5.43. The maximum Gasteiger partial charge on any atom is 0.504 e. The lowest BCUT2D eigenvalue weighted by atomic mass is 9.84. The highest BCUT2D eigenvalue weighted by molar-refractivity contribution is 5.97. The molecule has 17 heavy (non-hydrogen) atoms. The van der Waals surface area contributed by atoms with E-state index in [0.717, 1.165) is 15.4 Å². The Kier molecular flexibility index (Phi) is 2.52. The number of hydrogen-bond donors (Lipinski definition) is 2. The van der Waals surface area contributed by atoms with Crippen molar-refractivity contribution in [2.45, 2.75) is 38.8 Å². The molecular formula is C13H19N2O2+2. The van der Waals surface area contributed by atoms with Crippen LogP contribution >= 0.6 is 0 Å². The summed E-state index contributed by atoms with van der Waals surface area (Å²) in [5.74, 6) is 0.417. The van der Waals surface area contributed by atoms with E-state index < -0.39 is 11.1 Å². The highest BCUT2D eigenvalue weighted by Crippen LogP contribution is 2.34. The molecule has 1 aliphatic rings. The van der Waals surface area contributed by atoms with E-state index in [0.29, 0.717) is 5.84 Å². The van der Waals surface area contributed by atoms with Gasteiger partial charge in [0.15, 0.2) is 0 Å².